The summed E-state index contributed by atoms with van der Waals surface area (Å²) in [6, 6.07) is 0. The van der Waals surface area contributed by atoms with Crippen LogP contribution in [-0.4, -0.2) is 69.9 Å². The van der Waals surface area contributed by atoms with E-state index in [1.165, 1.54) is 0 Å². The van der Waals surface area contributed by atoms with Gasteiger partial charge in [0.15, 0.2) is 5.96 Å². The molecule has 2 heterocycles. The number of aliphatic imine (C=N–C) groups is 1. The molecule has 8 nitrogen and oxygen atoms in total. The van der Waals surface area contributed by atoms with E-state index in [1.54, 1.807) is 18.4 Å². The summed E-state index contributed by atoms with van der Waals surface area (Å²) < 4.78 is 32.5. The molecule has 0 amide bonds. The monoisotopic (exact) mass is 403 g/mol. The van der Waals surface area contributed by atoms with E-state index in [9.17, 15) is 8.42 Å². The van der Waals surface area contributed by atoms with Gasteiger partial charge in [0, 0.05) is 39.2 Å². The molecule has 1 aromatic rings. The van der Waals surface area contributed by atoms with E-state index in [0.717, 1.165) is 36.6 Å². The molecule has 1 aliphatic rings. The van der Waals surface area contributed by atoms with Gasteiger partial charge < -0.3 is 15.0 Å². The zero-order valence-corrected chi connectivity index (χ0v) is 17.3. The fourth-order valence-electron chi connectivity index (χ4n) is 2.74. The van der Waals surface area contributed by atoms with Gasteiger partial charge in [-0.3, -0.25) is 4.99 Å². The Hall–Kier alpha value is -1.23. The van der Waals surface area contributed by atoms with Crippen LogP contribution in [0.5, 0.6) is 0 Å². The van der Waals surface area contributed by atoms with Crippen molar-refractivity contribution < 1.29 is 13.2 Å². The molecule has 2 N–H and O–H groups in total. The van der Waals surface area contributed by atoms with Crippen LogP contribution in [0.25, 0.3) is 0 Å². The highest BCUT2D eigenvalue weighted by Crippen LogP contribution is 2.12. The van der Waals surface area contributed by atoms with Gasteiger partial charge in [-0.05, 0) is 26.2 Å². The normalized spacial score (nSPS) is 18.7. The van der Waals surface area contributed by atoms with E-state index >= 15 is 0 Å². The largest absolute Gasteiger partial charge is 0.377 e. The molecule has 1 saturated heterocycles. The zero-order valence-electron chi connectivity index (χ0n) is 15.7. The lowest BCUT2D eigenvalue weighted by atomic mass is 10.1. The molecule has 0 saturated carbocycles. The lowest BCUT2D eigenvalue weighted by molar-refractivity contribution is 0.0200. The van der Waals surface area contributed by atoms with E-state index in [2.05, 4.69) is 20.0 Å². The maximum atomic E-state index is 12.1. The summed E-state index contributed by atoms with van der Waals surface area (Å²) >= 11 is 1.61. The average molecular weight is 404 g/mol. The molecule has 0 spiro atoms. The summed E-state index contributed by atoms with van der Waals surface area (Å²) in [5.41, 5.74) is 0.972. The summed E-state index contributed by atoms with van der Waals surface area (Å²) in [6.45, 7) is 3.94. The number of aryl methyl sites for hydroxylation is 1. The fraction of sp³-hybridized carbons (Fsp3) is 0.750. The minimum absolute atomic E-state index is 0.00745. The number of sulfonamides is 1. The number of hydrogen-bond acceptors (Lipinski definition) is 6. The third kappa shape index (κ3) is 7.18. The second-order valence-electron chi connectivity index (χ2n) is 6.34. The SMILES string of the molecule is CN=C(NCCS(=O)(=O)NCC1CCCCO1)N(C)Cc1csc(C)n1. The van der Waals surface area contributed by atoms with Crippen molar-refractivity contribution in [3.05, 3.63) is 16.1 Å². The minimum atomic E-state index is -3.34. The van der Waals surface area contributed by atoms with Gasteiger partial charge in [-0.15, -0.1) is 11.3 Å². The van der Waals surface area contributed by atoms with Crippen LogP contribution in [-0.2, 0) is 21.3 Å². The first-order chi connectivity index (χ1) is 12.4. The number of hydrogen-bond donors (Lipinski definition) is 2. The summed E-state index contributed by atoms with van der Waals surface area (Å²) in [6.07, 6.45) is 3.05. The van der Waals surface area contributed by atoms with Gasteiger partial charge in [-0.25, -0.2) is 18.1 Å². The molecule has 0 aromatic carbocycles. The van der Waals surface area contributed by atoms with Crippen molar-refractivity contribution >= 4 is 27.3 Å². The third-order valence-corrected chi connectivity index (χ3v) is 6.27. The number of aromatic nitrogens is 1. The first-order valence-electron chi connectivity index (χ1n) is 8.81. The van der Waals surface area contributed by atoms with Gasteiger partial charge in [0.25, 0.3) is 0 Å². The second-order valence-corrected chi connectivity index (χ2v) is 9.33. The molecular weight excluding hydrogens is 374 g/mol. The molecule has 1 fully saturated rings. The van der Waals surface area contributed by atoms with Crippen molar-refractivity contribution in [2.75, 3.05) is 39.5 Å². The van der Waals surface area contributed by atoms with Gasteiger partial charge in [0.05, 0.1) is 29.1 Å². The Bertz CT molecular complexity index is 684. The lowest BCUT2D eigenvalue weighted by Gasteiger charge is -2.23. The van der Waals surface area contributed by atoms with Crippen LogP contribution in [0.15, 0.2) is 10.4 Å². The number of ether oxygens (including phenoxy) is 1. The highest BCUT2D eigenvalue weighted by atomic mass is 32.2. The highest BCUT2D eigenvalue weighted by Gasteiger charge is 2.18. The molecule has 0 aliphatic carbocycles. The maximum absolute atomic E-state index is 12.1. The fourth-order valence-corrected chi connectivity index (χ4v) is 4.30. The Kier molecular flexibility index (Phi) is 8.26. The molecule has 1 aromatic heterocycles. The van der Waals surface area contributed by atoms with Gasteiger partial charge >= 0.3 is 0 Å². The first kappa shape index (κ1) is 21.1. The van der Waals surface area contributed by atoms with Gasteiger partial charge in [0.2, 0.25) is 10.0 Å². The lowest BCUT2D eigenvalue weighted by Crippen LogP contribution is -2.43. The molecule has 0 radical (unpaired) electrons. The van der Waals surface area contributed by atoms with Gasteiger partial charge in [0.1, 0.15) is 0 Å². The van der Waals surface area contributed by atoms with Crippen LogP contribution in [0.2, 0.25) is 0 Å². The molecular formula is C16H29N5O3S2. The predicted octanol–water partition coefficient (Wildman–Crippen LogP) is 0.947. The van der Waals surface area contributed by atoms with E-state index in [4.69, 9.17) is 4.74 Å². The quantitative estimate of drug-likeness (QED) is 0.496. The maximum Gasteiger partial charge on any atom is 0.213 e. The smallest absolute Gasteiger partial charge is 0.213 e. The molecule has 148 valence electrons. The third-order valence-electron chi connectivity index (χ3n) is 4.10. The molecule has 10 heteroatoms. The van der Waals surface area contributed by atoms with Crippen molar-refractivity contribution in [3.8, 4) is 0 Å². The summed E-state index contributed by atoms with van der Waals surface area (Å²) in [4.78, 5) is 10.6. The average Bonchev–Trinajstić information content (AvgIpc) is 3.02. The van der Waals surface area contributed by atoms with Crippen LogP contribution >= 0.6 is 11.3 Å². The summed E-state index contributed by atoms with van der Waals surface area (Å²) in [5, 5.41) is 6.13. The highest BCUT2D eigenvalue weighted by molar-refractivity contribution is 7.89. The van der Waals surface area contributed by atoms with Crippen molar-refractivity contribution in [3.63, 3.8) is 0 Å². The van der Waals surface area contributed by atoms with E-state index in [0.29, 0.717) is 19.0 Å². The molecule has 1 atom stereocenters. The minimum Gasteiger partial charge on any atom is -0.377 e. The van der Waals surface area contributed by atoms with E-state index in [1.807, 2.05) is 24.3 Å². The Labute approximate surface area is 160 Å². The van der Waals surface area contributed by atoms with Crippen molar-refractivity contribution in [1.82, 2.24) is 19.9 Å². The first-order valence-corrected chi connectivity index (χ1v) is 11.3. The van der Waals surface area contributed by atoms with E-state index < -0.39 is 10.0 Å². The second kappa shape index (κ2) is 10.2. The number of nitrogens with one attached hydrogen (secondary N) is 2. The Morgan fingerprint density at radius 1 is 1.50 bits per heavy atom. The van der Waals surface area contributed by atoms with Crippen LogP contribution < -0.4 is 10.0 Å². The topological polar surface area (TPSA) is 95.9 Å². The number of guanidine groups is 1. The Morgan fingerprint density at radius 3 is 2.92 bits per heavy atom. The van der Waals surface area contributed by atoms with Gasteiger partial charge in [-0.2, -0.15) is 0 Å². The van der Waals surface area contributed by atoms with Crippen molar-refractivity contribution in [1.29, 1.82) is 0 Å². The zero-order chi connectivity index (χ0) is 19.0. The summed E-state index contributed by atoms with van der Waals surface area (Å²) in [7, 11) is 0.236. The number of nitrogens with zero attached hydrogens (tertiary/aromatic N) is 3. The summed E-state index contributed by atoms with van der Waals surface area (Å²) in [5.74, 6) is 0.629. The van der Waals surface area contributed by atoms with Crippen molar-refractivity contribution in [2.24, 2.45) is 4.99 Å². The van der Waals surface area contributed by atoms with Crippen LogP contribution in [0, 0.1) is 6.92 Å². The van der Waals surface area contributed by atoms with Gasteiger partial charge in [-0.1, -0.05) is 0 Å². The standard InChI is InChI=1S/C16H29N5O3S2/c1-13-20-14(12-25-13)11-21(3)16(17-2)18-7-9-26(22,23)19-10-15-6-4-5-8-24-15/h12,15,19H,4-11H2,1-3H3,(H,17,18). The molecule has 1 unspecified atom stereocenters. The molecule has 1 aliphatic heterocycles. The van der Waals surface area contributed by atoms with Crippen LogP contribution in [0.4, 0.5) is 0 Å². The molecule has 0 bridgehead atoms. The van der Waals surface area contributed by atoms with E-state index in [-0.39, 0.29) is 18.4 Å². The van der Waals surface area contributed by atoms with Crippen molar-refractivity contribution in [2.45, 2.75) is 38.8 Å². The predicted molar refractivity (Wildman–Crippen MR) is 105 cm³/mol. The Balaban J connectivity index is 1.73. The molecule has 2 rings (SSSR count). The van der Waals surface area contributed by atoms with Crippen LogP contribution in [0.1, 0.15) is 30.0 Å². The van der Waals surface area contributed by atoms with Crippen LogP contribution in [0.3, 0.4) is 0 Å². The number of rotatable bonds is 8. The number of thiazole rings is 1. The molecule has 26 heavy (non-hydrogen) atoms. The Morgan fingerprint density at radius 2 is 2.31 bits per heavy atom.